The Hall–Kier alpha value is -1.26. The van der Waals surface area contributed by atoms with Crippen LogP contribution in [0.4, 0.5) is 0 Å². The molecule has 5 nitrogen and oxygen atoms in total. The van der Waals surface area contributed by atoms with Crippen LogP contribution in [0.25, 0.3) is 0 Å². The first-order valence-corrected chi connectivity index (χ1v) is 7.73. The Morgan fingerprint density at radius 1 is 1.15 bits per heavy atom. The second-order valence-electron chi connectivity index (χ2n) is 6.36. The Kier molecular flexibility index (Phi) is 6.30. The van der Waals surface area contributed by atoms with Crippen LogP contribution >= 0.6 is 0 Å². The molecule has 1 fully saturated rings. The summed E-state index contributed by atoms with van der Waals surface area (Å²) in [5.74, 6) is 0.326. The minimum absolute atomic E-state index is 0.00725. The van der Waals surface area contributed by atoms with Crippen molar-refractivity contribution in [1.29, 1.82) is 0 Å². The molecule has 5 heteroatoms. The molecule has 0 aromatic heterocycles. The zero-order valence-corrected chi connectivity index (χ0v) is 13.0. The fraction of sp³-hybridized carbons (Fsp3) is 0.867. The van der Waals surface area contributed by atoms with E-state index in [9.17, 15) is 4.79 Å². The van der Waals surface area contributed by atoms with Gasteiger partial charge in [0.2, 0.25) is 5.91 Å². The number of nitrogens with one attached hydrogen (secondary N) is 1. The monoisotopic (exact) mass is 283 g/mol. The van der Waals surface area contributed by atoms with Gasteiger partial charge in [-0.2, -0.15) is 0 Å². The maximum absolute atomic E-state index is 12.4. The molecule has 1 saturated carbocycles. The van der Waals surface area contributed by atoms with Crippen LogP contribution in [0, 0.1) is 11.8 Å². The van der Waals surface area contributed by atoms with Crippen molar-refractivity contribution in [2.45, 2.75) is 71.3 Å². The van der Waals surface area contributed by atoms with Crippen LogP contribution in [0.1, 0.15) is 65.7 Å². The van der Waals surface area contributed by atoms with Gasteiger partial charge in [-0.05, 0) is 18.8 Å². The second kappa shape index (κ2) is 7.50. The summed E-state index contributed by atoms with van der Waals surface area (Å²) in [6.07, 6.45) is 6.98. The smallest absolute Gasteiger partial charge is 0.223 e. The van der Waals surface area contributed by atoms with E-state index in [0.717, 1.165) is 38.5 Å². The number of amidine groups is 1. The number of amides is 1. The van der Waals surface area contributed by atoms with Gasteiger partial charge in [-0.15, -0.1) is 0 Å². The summed E-state index contributed by atoms with van der Waals surface area (Å²) in [5, 5.41) is 15.4. The summed E-state index contributed by atoms with van der Waals surface area (Å²) in [6, 6.07) is 0. The van der Waals surface area contributed by atoms with Crippen molar-refractivity contribution in [2.75, 3.05) is 0 Å². The second-order valence-corrected chi connectivity index (χ2v) is 6.36. The lowest BCUT2D eigenvalue weighted by molar-refractivity contribution is -0.127. The number of nitrogens with two attached hydrogens (primary N) is 1. The van der Waals surface area contributed by atoms with Crippen LogP contribution in [-0.4, -0.2) is 22.5 Å². The van der Waals surface area contributed by atoms with E-state index in [1.165, 1.54) is 6.42 Å². The number of nitrogens with zero attached hydrogens (tertiary/aromatic N) is 1. The molecule has 0 aliphatic heterocycles. The van der Waals surface area contributed by atoms with Crippen molar-refractivity contribution in [2.24, 2.45) is 22.7 Å². The van der Waals surface area contributed by atoms with Crippen LogP contribution in [0.15, 0.2) is 5.16 Å². The molecule has 1 aliphatic rings. The Morgan fingerprint density at radius 2 is 1.65 bits per heavy atom. The van der Waals surface area contributed by atoms with Gasteiger partial charge >= 0.3 is 0 Å². The highest BCUT2D eigenvalue weighted by atomic mass is 16.4. The molecule has 0 aromatic carbocycles. The lowest BCUT2D eigenvalue weighted by Gasteiger charge is -2.36. The first-order chi connectivity index (χ1) is 9.43. The van der Waals surface area contributed by atoms with Gasteiger partial charge in [0.1, 0.15) is 5.54 Å². The number of hydrogen-bond donors (Lipinski definition) is 3. The van der Waals surface area contributed by atoms with Gasteiger partial charge < -0.3 is 16.3 Å². The van der Waals surface area contributed by atoms with E-state index in [1.807, 2.05) is 20.8 Å². The summed E-state index contributed by atoms with van der Waals surface area (Å²) in [7, 11) is 0. The van der Waals surface area contributed by atoms with E-state index >= 15 is 0 Å². The molecule has 4 N–H and O–H groups in total. The number of carbonyl (C=O) groups excluding carboxylic acids is 1. The molecule has 20 heavy (non-hydrogen) atoms. The largest absolute Gasteiger partial charge is 0.409 e. The SMILES string of the molecule is CC(C)C(C)C(=O)NC1(C(N)=NO)CCCCCCC1. The molecule has 0 bridgehead atoms. The number of oxime groups is 1. The summed E-state index contributed by atoms with van der Waals surface area (Å²) in [5.41, 5.74) is 5.24. The van der Waals surface area contributed by atoms with Gasteiger partial charge in [0.15, 0.2) is 5.84 Å². The first-order valence-electron chi connectivity index (χ1n) is 7.73. The van der Waals surface area contributed by atoms with Gasteiger partial charge in [-0.25, -0.2) is 0 Å². The van der Waals surface area contributed by atoms with Crippen molar-refractivity contribution in [3.8, 4) is 0 Å². The van der Waals surface area contributed by atoms with Gasteiger partial charge in [0, 0.05) is 5.92 Å². The van der Waals surface area contributed by atoms with E-state index in [-0.39, 0.29) is 23.6 Å². The molecule has 0 saturated heterocycles. The molecular formula is C15H29N3O2. The van der Waals surface area contributed by atoms with Crippen molar-refractivity contribution < 1.29 is 10.0 Å². The fourth-order valence-electron chi connectivity index (χ4n) is 2.70. The number of hydrogen-bond acceptors (Lipinski definition) is 3. The molecule has 0 heterocycles. The molecular weight excluding hydrogens is 254 g/mol. The Balaban J connectivity index is 2.90. The van der Waals surface area contributed by atoms with E-state index < -0.39 is 5.54 Å². The van der Waals surface area contributed by atoms with Crippen molar-refractivity contribution >= 4 is 11.7 Å². The maximum Gasteiger partial charge on any atom is 0.223 e. The minimum Gasteiger partial charge on any atom is -0.409 e. The molecule has 1 rings (SSSR count). The van der Waals surface area contributed by atoms with Crippen LogP contribution in [-0.2, 0) is 4.79 Å². The molecule has 1 amide bonds. The van der Waals surface area contributed by atoms with Gasteiger partial charge in [0.25, 0.3) is 0 Å². The molecule has 0 radical (unpaired) electrons. The maximum atomic E-state index is 12.4. The summed E-state index contributed by atoms with van der Waals surface area (Å²) < 4.78 is 0. The molecule has 1 aliphatic carbocycles. The predicted octanol–water partition coefficient (Wildman–Crippen LogP) is 2.62. The average Bonchev–Trinajstić information content (AvgIpc) is 2.39. The van der Waals surface area contributed by atoms with Crippen molar-refractivity contribution in [3.63, 3.8) is 0 Å². The van der Waals surface area contributed by atoms with E-state index in [1.54, 1.807) is 0 Å². The standard InChI is InChI=1S/C15H29N3O2/c1-11(2)12(3)13(19)17-15(14(16)18-20)9-7-5-4-6-8-10-15/h11-12,20H,4-10H2,1-3H3,(H2,16,18)(H,17,19). The van der Waals surface area contributed by atoms with Gasteiger partial charge in [-0.3, -0.25) is 4.79 Å². The third-order valence-electron chi connectivity index (χ3n) is 4.58. The van der Waals surface area contributed by atoms with Crippen LogP contribution in [0.3, 0.4) is 0 Å². The van der Waals surface area contributed by atoms with Crippen LogP contribution in [0.5, 0.6) is 0 Å². The number of carbonyl (C=O) groups is 1. The average molecular weight is 283 g/mol. The van der Waals surface area contributed by atoms with Crippen LogP contribution in [0.2, 0.25) is 0 Å². The van der Waals surface area contributed by atoms with Gasteiger partial charge in [0.05, 0.1) is 0 Å². The third kappa shape index (κ3) is 4.12. The Morgan fingerprint density at radius 3 is 2.10 bits per heavy atom. The summed E-state index contributed by atoms with van der Waals surface area (Å²) >= 11 is 0. The zero-order valence-electron chi connectivity index (χ0n) is 13.0. The molecule has 0 spiro atoms. The topological polar surface area (TPSA) is 87.7 Å². The normalized spacial score (nSPS) is 21.9. The zero-order chi connectivity index (χ0) is 15.2. The molecule has 1 unspecified atom stereocenters. The Bertz CT molecular complexity index is 345. The Labute approximate surface area is 122 Å². The van der Waals surface area contributed by atoms with Crippen molar-refractivity contribution in [3.05, 3.63) is 0 Å². The lowest BCUT2D eigenvalue weighted by atomic mass is 9.82. The highest BCUT2D eigenvalue weighted by molar-refractivity contribution is 5.94. The van der Waals surface area contributed by atoms with E-state index in [2.05, 4.69) is 10.5 Å². The van der Waals surface area contributed by atoms with E-state index in [4.69, 9.17) is 10.9 Å². The molecule has 116 valence electrons. The quantitative estimate of drug-likeness (QED) is 0.321. The van der Waals surface area contributed by atoms with Crippen molar-refractivity contribution in [1.82, 2.24) is 5.32 Å². The molecule has 1 atom stereocenters. The summed E-state index contributed by atoms with van der Waals surface area (Å²) in [6.45, 7) is 5.97. The highest BCUT2D eigenvalue weighted by Gasteiger charge is 2.37. The predicted molar refractivity (Wildman–Crippen MR) is 80.6 cm³/mol. The minimum atomic E-state index is -0.671. The molecule has 0 aromatic rings. The number of rotatable bonds is 4. The lowest BCUT2D eigenvalue weighted by Crippen LogP contribution is -2.59. The van der Waals surface area contributed by atoms with E-state index in [0.29, 0.717) is 0 Å². The first kappa shape index (κ1) is 16.8. The highest BCUT2D eigenvalue weighted by Crippen LogP contribution is 2.27. The fourth-order valence-corrected chi connectivity index (χ4v) is 2.70. The van der Waals surface area contributed by atoms with Crippen LogP contribution < -0.4 is 11.1 Å². The van der Waals surface area contributed by atoms with Gasteiger partial charge in [-0.1, -0.05) is 58.0 Å². The summed E-state index contributed by atoms with van der Waals surface area (Å²) in [4.78, 5) is 12.4. The third-order valence-corrected chi connectivity index (χ3v) is 4.58.